The van der Waals surface area contributed by atoms with Crippen LogP contribution in [0.2, 0.25) is 0 Å². The quantitative estimate of drug-likeness (QED) is 0.574. The van der Waals surface area contributed by atoms with E-state index in [-0.39, 0.29) is 10.8 Å². The molecule has 96 valence electrons. The Balaban J connectivity index is 2.43. The third kappa shape index (κ3) is 1.91. The molecular weight excluding hydrogens is 238 g/mol. The summed E-state index contributed by atoms with van der Waals surface area (Å²) < 4.78 is 5.73. The van der Waals surface area contributed by atoms with Crippen molar-refractivity contribution in [3.8, 4) is 0 Å². The lowest BCUT2D eigenvalue weighted by Gasteiger charge is -2.19. The zero-order chi connectivity index (χ0) is 13.6. The van der Waals surface area contributed by atoms with E-state index in [1.165, 1.54) is 0 Å². The molecular formula is C16H15NO2. The molecule has 0 aliphatic rings. The Kier molecular flexibility index (Phi) is 2.45. The number of rotatable bonds is 0. The molecule has 2 heterocycles. The molecule has 19 heavy (non-hydrogen) atoms. The molecule has 0 unspecified atom stereocenters. The van der Waals surface area contributed by atoms with Gasteiger partial charge >= 0.3 is 0 Å². The van der Waals surface area contributed by atoms with Crippen molar-refractivity contribution in [3.63, 3.8) is 0 Å². The van der Waals surface area contributed by atoms with Gasteiger partial charge in [-0.15, -0.1) is 0 Å². The molecule has 0 aliphatic heterocycles. The van der Waals surface area contributed by atoms with Gasteiger partial charge in [0.25, 0.3) is 0 Å². The first-order valence-electron chi connectivity index (χ1n) is 6.29. The van der Waals surface area contributed by atoms with Crippen molar-refractivity contribution in [3.05, 3.63) is 52.3 Å². The van der Waals surface area contributed by atoms with Crippen molar-refractivity contribution in [1.82, 2.24) is 4.98 Å². The molecule has 0 atom stereocenters. The highest BCUT2D eigenvalue weighted by Crippen LogP contribution is 2.26. The van der Waals surface area contributed by atoms with Crippen molar-refractivity contribution in [2.45, 2.75) is 26.2 Å². The standard InChI is InChI=1S/C16H15NO2/c1-16(2,3)10-6-7-12-11(9-10)15(18)14-13(19-12)5-4-8-17-14/h4-9H,1-3H3. The Morgan fingerprint density at radius 2 is 1.89 bits per heavy atom. The molecule has 1 aromatic carbocycles. The normalized spacial score (nSPS) is 12.2. The number of benzene rings is 1. The average molecular weight is 253 g/mol. The molecule has 3 nitrogen and oxygen atoms in total. The van der Waals surface area contributed by atoms with Crippen LogP contribution in [0.25, 0.3) is 22.1 Å². The van der Waals surface area contributed by atoms with Gasteiger partial charge in [0.05, 0.1) is 5.39 Å². The number of pyridine rings is 1. The third-order valence-electron chi connectivity index (χ3n) is 3.30. The van der Waals surface area contributed by atoms with Crippen LogP contribution in [0.3, 0.4) is 0 Å². The molecule has 0 saturated carbocycles. The monoisotopic (exact) mass is 253 g/mol. The van der Waals surface area contributed by atoms with Crippen LogP contribution in [0.1, 0.15) is 26.3 Å². The van der Waals surface area contributed by atoms with Gasteiger partial charge in [0.2, 0.25) is 5.43 Å². The highest BCUT2D eigenvalue weighted by atomic mass is 16.3. The van der Waals surface area contributed by atoms with Crippen molar-refractivity contribution in [1.29, 1.82) is 0 Å². The first-order valence-corrected chi connectivity index (χ1v) is 6.29. The number of hydrogen-bond donors (Lipinski definition) is 0. The molecule has 0 spiro atoms. The Bertz CT molecular complexity index is 825. The van der Waals surface area contributed by atoms with E-state index < -0.39 is 0 Å². The number of aromatic nitrogens is 1. The summed E-state index contributed by atoms with van der Waals surface area (Å²) in [5.74, 6) is 0. The first kappa shape index (κ1) is 11.9. The summed E-state index contributed by atoms with van der Waals surface area (Å²) in [5.41, 5.74) is 2.58. The summed E-state index contributed by atoms with van der Waals surface area (Å²) in [6, 6.07) is 9.31. The van der Waals surface area contributed by atoms with Crippen LogP contribution in [-0.4, -0.2) is 4.98 Å². The lowest BCUT2D eigenvalue weighted by Crippen LogP contribution is -2.12. The molecule has 3 heteroatoms. The van der Waals surface area contributed by atoms with E-state index >= 15 is 0 Å². The van der Waals surface area contributed by atoms with Gasteiger partial charge in [-0.25, -0.2) is 4.98 Å². The van der Waals surface area contributed by atoms with Gasteiger partial charge in [-0.1, -0.05) is 26.8 Å². The highest BCUT2D eigenvalue weighted by molar-refractivity contribution is 5.87. The molecule has 0 amide bonds. The second kappa shape index (κ2) is 3.92. The van der Waals surface area contributed by atoms with E-state index in [9.17, 15) is 4.79 Å². The fourth-order valence-electron chi connectivity index (χ4n) is 2.15. The van der Waals surface area contributed by atoms with Crippen molar-refractivity contribution >= 4 is 22.1 Å². The van der Waals surface area contributed by atoms with Gasteiger partial charge in [-0.3, -0.25) is 4.79 Å². The van der Waals surface area contributed by atoms with E-state index in [2.05, 4.69) is 25.8 Å². The molecule has 0 aliphatic carbocycles. The number of nitrogens with zero attached hydrogens (tertiary/aromatic N) is 1. The summed E-state index contributed by atoms with van der Waals surface area (Å²) in [5, 5.41) is 0.596. The van der Waals surface area contributed by atoms with Crippen molar-refractivity contribution in [2.75, 3.05) is 0 Å². The van der Waals surface area contributed by atoms with E-state index in [0.29, 0.717) is 22.1 Å². The molecule has 3 rings (SSSR count). The summed E-state index contributed by atoms with van der Waals surface area (Å²) in [6.07, 6.45) is 1.61. The predicted octanol–water partition coefficient (Wildman–Crippen LogP) is 3.64. The Labute approximate surface area is 110 Å². The minimum atomic E-state index is -0.0667. The van der Waals surface area contributed by atoms with Gasteiger partial charge in [0.15, 0.2) is 11.1 Å². The first-order chi connectivity index (χ1) is 8.97. The zero-order valence-electron chi connectivity index (χ0n) is 11.2. The average Bonchev–Trinajstić information content (AvgIpc) is 2.37. The van der Waals surface area contributed by atoms with Crippen LogP contribution in [0.4, 0.5) is 0 Å². The largest absolute Gasteiger partial charge is 0.454 e. The number of fused-ring (bicyclic) bond motifs is 2. The van der Waals surface area contributed by atoms with E-state index in [4.69, 9.17) is 4.42 Å². The third-order valence-corrected chi connectivity index (χ3v) is 3.30. The zero-order valence-corrected chi connectivity index (χ0v) is 11.2. The van der Waals surface area contributed by atoms with Gasteiger partial charge in [-0.05, 0) is 35.2 Å². The maximum atomic E-state index is 12.4. The van der Waals surface area contributed by atoms with Gasteiger partial charge < -0.3 is 4.42 Å². The fraction of sp³-hybridized carbons (Fsp3) is 0.250. The van der Waals surface area contributed by atoms with Crippen LogP contribution in [-0.2, 0) is 5.41 Å². The maximum Gasteiger partial charge on any atom is 0.218 e. The van der Waals surface area contributed by atoms with Gasteiger partial charge in [-0.2, -0.15) is 0 Å². The SMILES string of the molecule is CC(C)(C)c1ccc2oc3cccnc3c(=O)c2c1. The van der Waals surface area contributed by atoms with Crippen LogP contribution < -0.4 is 5.43 Å². The topological polar surface area (TPSA) is 43.1 Å². The van der Waals surface area contributed by atoms with Gasteiger partial charge in [0.1, 0.15) is 5.58 Å². The maximum absolute atomic E-state index is 12.4. The Morgan fingerprint density at radius 3 is 2.63 bits per heavy atom. The summed E-state index contributed by atoms with van der Waals surface area (Å²) in [6.45, 7) is 6.36. The number of hydrogen-bond acceptors (Lipinski definition) is 3. The molecule has 0 saturated heterocycles. The Hall–Kier alpha value is -2.16. The smallest absolute Gasteiger partial charge is 0.218 e. The molecule has 0 fully saturated rings. The lowest BCUT2D eigenvalue weighted by molar-refractivity contribution is 0.590. The van der Waals surface area contributed by atoms with Crippen LogP contribution >= 0.6 is 0 Å². The lowest BCUT2D eigenvalue weighted by atomic mass is 9.86. The minimum absolute atomic E-state index is 0.000294. The predicted molar refractivity (Wildman–Crippen MR) is 76.5 cm³/mol. The van der Waals surface area contributed by atoms with Crippen LogP contribution in [0, 0.1) is 0 Å². The fourth-order valence-corrected chi connectivity index (χ4v) is 2.15. The van der Waals surface area contributed by atoms with Crippen molar-refractivity contribution in [2.24, 2.45) is 0 Å². The molecule has 0 radical (unpaired) electrons. The minimum Gasteiger partial charge on any atom is -0.454 e. The highest BCUT2D eigenvalue weighted by Gasteiger charge is 2.16. The van der Waals surface area contributed by atoms with Gasteiger partial charge in [0, 0.05) is 6.20 Å². The molecule has 2 aromatic heterocycles. The molecule has 0 bridgehead atoms. The second-order valence-electron chi connectivity index (χ2n) is 5.74. The molecule has 0 N–H and O–H groups in total. The molecule has 3 aromatic rings. The van der Waals surface area contributed by atoms with Crippen molar-refractivity contribution < 1.29 is 4.42 Å². The summed E-state index contributed by atoms with van der Waals surface area (Å²) in [4.78, 5) is 16.6. The summed E-state index contributed by atoms with van der Waals surface area (Å²) in [7, 11) is 0. The van der Waals surface area contributed by atoms with Crippen LogP contribution in [0.5, 0.6) is 0 Å². The Morgan fingerprint density at radius 1 is 1.11 bits per heavy atom. The van der Waals surface area contributed by atoms with Crippen LogP contribution in [0.15, 0.2) is 45.7 Å². The second-order valence-corrected chi connectivity index (χ2v) is 5.74. The van der Waals surface area contributed by atoms with E-state index in [0.717, 1.165) is 5.56 Å². The summed E-state index contributed by atoms with van der Waals surface area (Å²) >= 11 is 0. The van der Waals surface area contributed by atoms with E-state index in [1.807, 2.05) is 18.2 Å². The van der Waals surface area contributed by atoms with E-state index in [1.54, 1.807) is 18.3 Å².